The van der Waals surface area contributed by atoms with E-state index in [2.05, 4.69) is 11.8 Å². The summed E-state index contributed by atoms with van der Waals surface area (Å²) in [6, 6.07) is 9.81. The van der Waals surface area contributed by atoms with Crippen molar-refractivity contribution in [2.45, 2.75) is 32.1 Å². The summed E-state index contributed by atoms with van der Waals surface area (Å²) >= 11 is 0. The minimum Gasteiger partial charge on any atom is -0.313 e. The second kappa shape index (κ2) is 6.82. The summed E-state index contributed by atoms with van der Waals surface area (Å²) < 4.78 is 0. The van der Waals surface area contributed by atoms with Crippen LogP contribution in [0.3, 0.4) is 0 Å². The molecule has 0 aromatic heterocycles. The van der Waals surface area contributed by atoms with Crippen molar-refractivity contribution < 1.29 is 9.92 Å². The van der Waals surface area contributed by atoms with Gasteiger partial charge in [-0.3, -0.25) is 0 Å². The Morgan fingerprint density at radius 2 is 2.06 bits per heavy atom. The van der Waals surface area contributed by atoms with Crippen molar-refractivity contribution in [1.82, 2.24) is 0 Å². The molecule has 0 heterocycles. The van der Waals surface area contributed by atoms with Crippen molar-refractivity contribution in [3.8, 4) is 0 Å². The summed E-state index contributed by atoms with van der Waals surface area (Å²) in [7, 11) is 0. The molecular weight excluding hydrogens is 206 g/mol. The summed E-state index contributed by atoms with van der Waals surface area (Å²) in [5.74, 6) is 0.117. The molecule has 1 atom stereocenters. The monoisotopic (exact) mass is 223 g/mol. The van der Waals surface area contributed by atoms with Gasteiger partial charge in [0.2, 0.25) is 0 Å². The van der Waals surface area contributed by atoms with Crippen molar-refractivity contribution >= 4 is 0 Å². The van der Waals surface area contributed by atoms with Crippen molar-refractivity contribution in [3.63, 3.8) is 0 Å². The van der Waals surface area contributed by atoms with Gasteiger partial charge < -0.3 is 4.84 Å². The molecule has 0 amide bonds. The quantitative estimate of drug-likeness (QED) is 0.527. The van der Waals surface area contributed by atoms with E-state index in [0.29, 0.717) is 0 Å². The second-order valence-corrected chi connectivity index (χ2v) is 3.77. The van der Waals surface area contributed by atoms with E-state index in [9.17, 15) is 10.1 Å². The first kappa shape index (κ1) is 12.5. The van der Waals surface area contributed by atoms with Crippen LogP contribution in [-0.2, 0) is 4.84 Å². The summed E-state index contributed by atoms with van der Waals surface area (Å²) in [6.45, 7) is 2.26. The van der Waals surface area contributed by atoms with Crippen molar-refractivity contribution in [1.29, 1.82) is 0 Å². The van der Waals surface area contributed by atoms with Crippen LogP contribution in [0.1, 0.15) is 37.7 Å². The molecule has 0 aliphatic carbocycles. The molecule has 0 radical (unpaired) electrons. The SMILES string of the molecule is CCCCC(CO[N+](=O)[O-])c1ccccc1. The van der Waals surface area contributed by atoms with Gasteiger partial charge in [0.05, 0.1) is 0 Å². The molecule has 0 saturated heterocycles. The molecule has 0 N–H and O–H groups in total. The standard InChI is InChI=1S/C12H17NO3/c1-2-3-7-12(10-16-13(14)15)11-8-5-4-6-9-11/h4-6,8-9,12H,2-3,7,10H2,1H3. The fraction of sp³-hybridized carbons (Fsp3) is 0.500. The number of hydrogen-bond acceptors (Lipinski definition) is 3. The molecule has 1 aromatic carbocycles. The Balaban J connectivity index is 2.59. The van der Waals surface area contributed by atoms with Crippen LogP contribution in [0.25, 0.3) is 0 Å². The number of benzene rings is 1. The largest absolute Gasteiger partial charge is 0.313 e. The lowest BCUT2D eigenvalue weighted by molar-refractivity contribution is -0.758. The lowest BCUT2D eigenvalue weighted by atomic mass is 9.94. The highest BCUT2D eigenvalue weighted by Gasteiger charge is 2.12. The maximum absolute atomic E-state index is 10.2. The average Bonchev–Trinajstić information content (AvgIpc) is 2.30. The molecule has 0 spiro atoms. The molecule has 0 bridgehead atoms. The fourth-order valence-corrected chi connectivity index (χ4v) is 1.67. The van der Waals surface area contributed by atoms with Crippen LogP contribution >= 0.6 is 0 Å². The van der Waals surface area contributed by atoms with Crippen LogP contribution in [-0.4, -0.2) is 11.7 Å². The van der Waals surface area contributed by atoms with E-state index >= 15 is 0 Å². The van der Waals surface area contributed by atoms with Gasteiger partial charge in [0.1, 0.15) is 6.61 Å². The lowest BCUT2D eigenvalue weighted by Crippen LogP contribution is -2.11. The van der Waals surface area contributed by atoms with Crippen LogP contribution in [0, 0.1) is 10.1 Å². The summed E-state index contributed by atoms with van der Waals surface area (Å²) in [5, 5.41) is 9.47. The first-order chi connectivity index (χ1) is 7.74. The molecule has 0 aliphatic rings. The summed E-state index contributed by atoms with van der Waals surface area (Å²) in [5.41, 5.74) is 1.11. The van der Waals surface area contributed by atoms with Gasteiger partial charge in [-0.25, -0.2) is 0 Å². The molecule has 1 rings (SSSR count). The topological polar surface area (TPSA) is 52.4 Å². The van der Waals surface area contributed by atoms with Crippen LogP contribution in [0.4, 0.5) is 0 Å². The third-order valence-corrected chi connectivity index (χ3v) is 2.56. The van der Waals surface area contributed by atoms with Gasteiger partial charge >= 0.3 is 0 Å². The number of nitrogens with zero attached hydrogens (tertiary/aromatic N) is 1. The molecule has 0 saturated carbocycles. The Bertz CT molecular complexity index is 313. The van der Waals surface area contributed by atoms with Gasteiger partial charge in [0.15, 0.2) is 0 Å². The van der Waals surface area contributed by atoms with Crippen LogP contribution in [0.2, 0.25) is 0 Å². The third kappa shape index (κ3) is 4.29. The zero-order chi connectivity index (χ0) is 11.8. The van der Waals surface area contributed by atoms with E-state index < -0.39 is 5.09 Å². The minimum atomic E-state index is -0.720. The smallest absolute Gasteiger partial charge is 0.294 e. The highest BCUT2D eigenvalue weighted by atomic mass is 16.9. The molecule has 4 nitrogen and oxygen atoms in total. The van der Waals surface area contributed by atoms with Gasteiger partial charge in [-0.15, -0.1) is 10.1 Å². The highest BCUT2D eigenvalue weighted by Crippen LogP contribution is 2.22. The molecule has 4 heteroatoms. The fourth-order valence-electron chi connectivity index (χ4n) is 1.67. The van der Waals surface area contributed by atoms with Gasteiger partial charge in [-0.05, 0) is 12.0 Å². The maximum atomic E-state index is 10.2. The average molecular weight is 223 g/mol. The zero-order valence-electron chi connectivity index (χ0n) is 9.46. The summed E-state index contributed by atoms with van der Waals surface area (Å²) in [4.78, 5) is 14.7. The van der Waals surface area contributed by atoms with E-state index in [4.69, 9.17) is 0 Å². The molecule has 1 unspecified atom stereocenters. The zero-order valence-corrected chi connectivity index (χ0v) is 9.46. The predicted octanol–water partition coefficient (Wildman–Crippen LogP) is 3.17. The number of hydrogen-bond donors (Lipinski definition) is 0. The Morgan fingerprint density at radius 3 is 2.62 bits per heavy atom. The molecular formula is C12H17NO3. The third-order valence-electron chi connectivity index (χ3n) is 2.56. The molecule has 0 aliphatic heterocycles. The lowest BCUT2D eigenvalue weighted by Gasteiger charge is -2.15. The molecule has 88 valence electrons. The van der Waals surface area contributed by atoms with E-state index in [1.807, 2.05) is 30.3 Å². The second-order valence-electron chi connectivity index (χ2n) is 3.77. The minimum absolute atomic E-state index is 0.117. The van der Waals surface area contributed by atoms with Crippen molar-refractivity contribution in [3.05, 3.63) is 46.0 Å². The van der Waals surface area contributed by atoms with Crippen LogP contribution in [0.5, 0.6) is 0 Å². The molecule has 16 heavy (non-hydrogen) atoms. The van der Waals surface area contributed by atoms with E-state index in [1.165, 1.54) is 0 Å². The van der Waals surface area contributed by atoms with Crippen molar-refractivity contribution in [2.24, 2.45) is 0 Å². The Hall–Kier alpha value is -1.58. The van der Waals surface area contributed by atoms with Crippen LogP contribution < -0.4 is 0 Å². The predicted molar refractivity (Wildman–Crippen MR) is 61.7 cm³/mol. The first-order valence-corrected chi connectivity index (χ1v) is 5.56. The van der Waals surface area contributed by atoms with Crippen molar-refractivity contribution in [2.75, 3.05) is 6.61 Å². The Kier molecular flexibility index (Phi) is 5.32. The number of rotatable bonds is 7. The van der Waals surface area contributed by atoms with E-state index in [1.54, 1.807) is 0 Å². The van der Waals surface area contributed by atoms with E-state index in [0.717, 1.165) is 24.8 Å². The highest BCUT2D eigenvalue weighted by molar-refractivity contribution is 5.19. The Morgan fingerprint density at radius 1 is 1.38 bits per heavy atom. The summed E-state index contributed by atoms with van der Waals surface area (Å²) in [6.07, 6.45) is 3.07. The van der Waals surface area contributed by atoms with Gasteiger partial charge in [0.25, 0.3) is 5.09 Å². The Labute approximate surface area is 95.3 Å². The molecule has 1 aromatic rings. The van der Waals surface area contributed by atoms with Gasteiger partial charge in [-0.1, -0.05) is 50.1 Å². The number of unbranched alkanes of at least 4 members (excludes halogenated alkanes) is 1. The first-order valence-electron chi connectivity index (χ1n) is 5.56. The molecule has 0 fully saturated rings. The maximum Gasteiger partial charge on any atom is 0.294 e. The van der Waals surface area contributed by atoms with Crippen LogP contribution in [0.15, 0.2) is 30.3 Å². The van der Waals surface area contributed by atoms with Gasteiger partial charge in [0, 0.05) is 5.92 Å². The van der Waals surface area contributed by atoms with Gasteiger partial charge in [-0.2, -0.15) is 0 Å². The van der Waals surface area contributed by atoms with E-state index in [-0.39, 0.29) is 12.5 Å². The normalized spacial score (nSPS) is 12.1.